The second-order valence-corrected chi connectivity index (χ2v) is 6.05. The normalized spacial score (nSPS) is 10.5. The van der Waals surface area contributed by atoms with Crippen molar-refractivity contribution in [1.29, 1.82) is 0 Å². The van der Waals surface area contributed by atoms with Gasteiger partial charge in [-0.2, -0.15) is 0 Å². The summed E-state index contributed by atoms with van der Waals surface area (Å²) in [5.74, 6) is 0.484. The summed E-state index contributed by atoms with van der Waals surface area (Å²) in [6.07, 6.45) is 4.65. The molecule has 1 aromatic carbocycles. The highest BCUT2D eigenvalue weighted by molar-refractivity contribution is 5.21. The van der Waals surface area contributed by atoms with Crippen molar-refractivity contribution in [1.82, 2.24) is 0 Å². The van der Waals surface area contributed by atoms with Crippen LogP contribution in [-0.2, 0) is 6.67 Å². The number of aliphatic hydroxyl groups is 1. The number of benzene rings is 1. The van der Waals surface area contributed by atoms with E-state index in [1.807, 2.05) is 52.8 Å². The van der Waals surface area contributed by atoms with Crippen molar-refractivity contribution in [2.45, 2.75) is 86.4 Å². The summed E-state index contributed by atoms with van der Waals surface area (Å²) >= 11 is 0. The number of hydrogen-bond donors (Lipinski definition) is 1. The highest BCUT2D eigenvalue weighted by Gasteiger charge is 2.24. The molecule has 1 nitrogen and oxygen atoms in total. The minimum atomic E-state index is -0.480. The Hall–Kier alpha value is -0.890. The molecule has 0 spiro atoms. The van der Waals surface area contributed by atoms with Crippen LogP contribution in [-0.4, -0.2) is 10.7 Å². The zero-order valence-electron chi connectivity index (χ0n) is 15.7. The van der Waals surface area contributed by atoms with Crippen LogP contribution >= 0.6 is 0 Å². The van der Waals surface area contributed by atoms with E-state index in [0.717, 1.165) is 24.0 Å². The molecule has 0 bridgehead atoms. The number of hydrogen-bond acceptors (Lipinski definition) is 1. The standard InChI is InChI=1S/C10H22O.C8H9F.C2H6/c1-5-7-9(8-6-2)10(3,4)11;1-7-3-2-4-8(5-7)6-9;1-2/h9,11H,5-8H2,1-4H3;2-5H,6H2,1H3;1-2H3. The molecule has 22 heavy (non-hydrogen) atoms. The van der Waals surface area contributed by atoms with Gasteiger partial charge in [0.2, 0.25) is 0 Å². The lowest BCUT2D eigenvalue weighted by atomic mass is 9.84. The van der Waals surface area contributed by atoms with Crippen molar-refractivity contribution in [3.8, 4) is 0 Å². The van der Waals surface area contributed by atoms with Crippen LogP contribution in [0.3, 0.4) is 0 Å². The highest BCUT2D eigenvalue weighted by Crippen LogP contribution is 2.25. The number of halogens is 1. The lowest BCUT2D eigenvalue weighted by Crippen LogP contribution is -2.30. The largest absolute Gasteiger partial charge is 0.390 e. The maximum absolute atomic E-state index is 11.9. The lowest BCUT2D eigenvalue weighted by Gasteiger charge is -2.28. The molecule has 1 aromatic rings. The molecule has 130 valence electrons. The van der Waals surface area contributed by atoms with Gasteiger partial charge in [-0.1, -0.05) is 70.4 Å². The van der Waals surface area contributed by atoms with E-state index in [1.165, 1.54) is 12.8 Å². The SMILES string of the molecule is CC.CCCC(CCC)C(C)(C)O.Cc1cccc(CF)c1. The van der Waals surface area contributed by atoms with E-state index in [-0.39, 0.29) is 6.67 Å². The minimum absolute atomic E-state index is 0.359. The number of rotatable bonds is 6. The van der Waals surface area contributed by atoms with Gasteiger partial charge in [0.25, 0.3) is 0 Å². The molecule has 0 unspecified atom stereocenters. The van der Waals surface area contributed by atoms with E-state index in [9.17, 15) is 9.50 Å². The van der Waals surface area contributed by atoms with Crippen LogP contribution < -0.4 is 0 Å². The van der Waals surface area contributed by atoms with Crippen molar-refractivity contribution < 1.29 is 9.50 Å². The Balaban J connectivity index is 0. The molecule has 2 heteroatoms. The Bertz CT molecular complexity index is 349. The van der Waals surface area contributed by atoms with Crippen LogP contribution in [0.5, 0.6) is 0 Å². The molecule has 0 radical (unpaired) electrons. The highest BCUT2D eigenvalue weighted by atomic mass is 19.1. The second-order valence-electron chi connectivity index (χ2n) is 6.05. The molecule has 0 saturated heterocycles. The Morgan fingerprint density at radius 2 is 1.59 bits per heavy atom. The van der Waals surface area contributed by atoms with Gasteiger partial charge < -0.3 is 5.11 Å². The average molecular weight is 313 g/mol. The van der Waals surface area contributed by atoms with Crippen molar-refractivity contribution >= 4 is 0 Å². The number of alkyl halides is 1. The smallest absolute Gasteiger partial charge is 0.115 e. The molecule has 0 aliphatic heterocycles. The Labute approximate surface area is 138 Å². The molecule has 0 aliphatic rings. The molecule has 1 N–H and O–H groups in total. The molecular formula is C20H37FO. The zero-order chi connectivity index (χ0) is 17.6. The van der Waals surface area contributed by atoms with Crippen molar-refractivity contribution in [2.75, 3.05) is 0 Å². The molecule has 0 fully saturated rings. The van der Waals surface area contributed by atoms with Gasteiger partial charge in [-0.15, -0.1) is 0 Å². The quantitative estimate of drug-likeness (QED) is 0.638. The summed E-state index contributed by atoms with van der Waals surface area (Å²) in [5.41, 5.74) is 1.40. The minimum Gasteiger partial charge on any atom is -0.390 e. The van der Waals surface area contributed by atoms with E-state index in [4.69, 9.17) is 0 Å². The van der Waals surface area contributed by atoms with Crippen LogP contribution in [0.25, 0.3) is 0 Å². The lowest BCUT2D eigenvalue weighted by molar-refractivity contribution is 0.00874. The average Bonchev–Trinajstić information content (AvgIpc) is 2.49. The number of aryl methyl sites for hydroxylation is 1. The molecule has 0 atom stereocenters. The van der Waals surface area contributed by atoms with Gasteiger partial charge in [-0.3, -0.25) is 0 Å². The molecule has 0 amide bonds. The Kier molecular flexibility index (Phi) is 14.6. The van der Waals surface area contributed by atoms with Crippen LogP contribution in [0.1, 0.15) is 78.4 Å². The summed E-state index contributed by atoms with van der Waals surface area (Å²) in [4.78, 5) is 0. The Morgan fingerprint density at radius 3 is 1.86 bits per heavy atom. The summed E-state index contributed by atoms with van der Waals surface area (Å²) in [6.45, 7) is 13.8. The summed E-state index contributed by atoms with van der Waals surface area (Å²) < 4.78 is 11.9. The molecule has 0 saturated carbocycles. The van der Waals surface area contributed by atoms with Gasteiger partial charge in [0.15, 0.2) is 0 Å². The molecule has 0 heterocycles. The molecule has 1 rings (SSSR count). The third-order valence-electron chi connectivity index (χ3n) is 3.51. The summed E-state index contributed by atoms with van der Waals surface area (Å²) in [7, 11) is 0. The fraction of sp³-hybridized carbons (Fsp3) is 0.700. The van der Waals surface area contributed by atoms with Gasteiger partial charge in [0.05, 0.1) is 5.60 Å². The maximum Gasteiger partial charge on any atom is 0.115 e. The summed E-state index contributed by atoms with van der Waals surface area (Å²) in [5, 5.41) is 9.74. The molecular weight excluding hydrogens is 275 g/mol. The first-order chi connectivity index (χ1) is 10.3. The van der Waals surface area contributed by atoms with Crippen LogP contribution in [0, 0.1) is 12.8 Å². The fourth-order valence-corrected chi connectivity index (χ4v) is 2.34. The molecule has 0 aromatic heterocycles. The third kappa shape index (κ3) is 11.7. The molecule has 0 aliphatic carbocycles. The van der Waals surface area contributed by atoms with E-state index >= 15 is 0 Å². The van der Waals surface area contributed by atoms with Crippen molar-refractivity contribution in [3.05, 3.63) is 35.4 Å². The second kappa shape index (κ2) is 13.8. The van der Waals surface area contributed by atoms with Gasteiger partial charge >= 0.3 is 0 Å². The predicted octanol–water partition coefficient (Wildman–Crippen LogP) is 6.46. The monoisotopic (exact) mass is 312 g/mol. The topological polar surface area (TPSA) is 20.2 Å². The van der Waals surface area contributed by atoms with Gasteiger partial charge in [-0.05, 0) is 45.1 Å². The zero-order valence-corrected chi connectivity index (χ0v) is 15.7. The first kappa shape index (κ1) is 23.4. The maximum atomic E-state index is 11.9. The van der Waals surface area contributed by atoms with E-state index in [1.54, 1.807) is 6.07 Å². The first-order valence-electron chi connectivity index (χ1n) is 8.69. The van der Waals surface area contributed by atoms with Gasteiger partial charge in [0, 0.05) is 0 Å². The van der Waals surface area contributed by atoms with E-state index in [0.29, 0.717) is 5.92 Å². The van der Waals surface area contributed by atoms with Crippen LogP contribution in [0.15, 0.2) is 24.3 Å². The fourth-order valence-electron chi connectivity index (χ4n) is 2.34. The van der Waals surface area contributed by atoms with Crippen LogP contribution in [0.2, 0.25) is 0 Å². The van der Waals surface area contributed by atoms with Crippen molar-refractivity contribution in [2.24, 2.45) is 5.92 Å². The third-order valence-corrected chi connectivity index (χ3v) is 3.51. The van der Waals surface area contributed by atoms with Crippen molar-refractivity contribution in [3.63, 3.8) is 0 Å². The van der Waals surface area contributed by atoms with Gasteiger partial charge in [-0.25, -0.2) is 4.39 Å². The van der Waals surface area contributed by atoms with Crippen LogP contribution in [0.4, 0.5) is 4.39 Å². The first-order valence-corrected chi connectivity index (χ1v) is 8.69. The Morgan fingerprint density at radius 1 is 1.09 bits per heavy atom. The van der Waals surface area contributed by atoms with Gasteiger partial charge in [0.1, 0.15) is 6.67 Å². The van der Waals surface area contributed by atoms with E-state index in [2.05, 4.69) is 13.8 Å². The van der Waals surface area contributed by atoms with E-state index < -0.39 is 5.60 Å². The summed E-state index contributed by atoms with van der Waals surface area (Å²) in [6, 6.07) is 7.45. The predicted molar refractivity (Wildman–Crippen MR) is 96.9 cm³/mol.